The van der Waals surface area contributed by atoms with Crippen LogP contribution >= 0.6 is 0 Å². The van der Waals surface area contributed by atoms with Gasteiger partial charge in [0, 0.05) is 19.3 Å². The first kappa shape index (κ1) is 33.6. The monoisotopic (exact) mass is 604 g/mol. The van der Waals surface area contributed by atoms with Gasteiger partial charge in [-0.3, -0.25) is 14.7 Å². The first-order valence-electron chi connectivity index (χ1n) is 14.4. The van der Waals surface area contributed by atoms with E-state index in [9.17, 15) is 24.3 Å². The van der Waals surface area contributed by atoms with Gasteiger partial charge in [0.2, 0.25) is 5.91 Å². The number of carboxylic acid groups (broad SMARTS) is 1. The molecule has 3 rings (SSSR count). The maximum Gasteiger partial charge on any atom is 0.410 e. The number of aromatic nitrogens is 1. The molecule has 11 heteroatoms. The van der Waals surface area contributed by atoms with Crippen LogP contribution in [-0.4, -0.2) is 57.2 Å². The Labute approximate surface area is 257 Å². The van der Waals surface area contributed by atoms with Crippen molar-refractivity contribution in [2.24, 2.45) is 0 Å². The van der Waals surface area contributed by atoms with Gasteiger partial charge in [0.25, 0.3) is 0 Å². The van der Waals surface area contributed by atoms with E-state index in [0.717, 1.165) is 16.8 Å². The van der Waals surface area contributed by atoms with Crippen molar-refractivity contribution in [2.45, 2.75) is 71.4 Å². The van der Waals surface area contributed by atoms with Gasteiger partial charge in [-0.1, -0.05) is 60.7 Å². The van der Waals surface area contributed by atoms with Gasteiger partial charge < -0.3 is 25.2 Å². The fourth-order valence-corrected chi connectivity index (χ4v) is 4.14. The van der Waals surface area contributed by atoms with Crippen LogP contribution in [0, 0.1) is 0 Å². The third-order valence-corrected chi connectivity index (χ3v) is 6.28. The van der Waals surface area contributed by atoms with Crippen LogP contribution in [0.5, 0.6) is 0 Å². The molecule has 3 amide bonds. The summed E-state index contributed by atoms with van der Waals surface area (Å²) in [6.45, 7) is 6.29. The molecule has 0 aliphatic heterocycles. The van der Waals surface area contributed by atoms with E-state index in [0.29, 0.717) is 12.0 Å². The summed E-state index contributed by atoms with van der Waals surface area (Å²) >= 11 is 0. The van der Waals surface area contributed by atoms with E-state index in [1.807, 2.05) is 54.6 Å². The first-order chi connectivity index (χ1) is 21.0. The molecule has 234 valence electrons. The van der Waals surface area contributed by atoms with Crippen LogP contribution in [0.4, 0.5) is 9.59 Å². The summed E-state index contributed by atoms with van der Waals surface area (Å²) in [7, 11) is 0. The number of benzene rings is 2. The maximum atomic E-state index is 12.9. The topological polar surface area (TPSA) is 147 Å². The number of pyridine rings is 1. The molecule has 0 fully saturated rings. The van der Waals surface area contributed by atoms with Gasteiger partial charge >= 0.3 is 18.2 Å². The van der Waals surface area contributed by atoms with Crippen LogP contribution in [0.2, 0.25) is 0 Å². The van der Waals surface area contributed by atoms with Crippen molar-refractivity contribution in [3.8, 4) is 0 Å². The van der Waals surface area contributed by atoms with Gasteiger partial charge in [-0.15, -0.1) is 0 Å². The molecule has 0 saturated heterocycles. The van der Waals surface area contributed by atoms with Gasteiger partial charge in [0.15, 0.2) is 0 Å². The van der Waals surface area contributed by atoms with E-state index in [1.54, 1.807) is 50.1 Å². The van der Waals surface area contributed by atoms with Crippen molar-refractivity contribution in [3.63, 3.8) is 0 Å². The summed E-state index contributed by atoms with van der Waals surface area (Å²) in [5, 5.41) is 14.7. The third kappa shape index (κ3) is 12.5. The van der Waals surface area contributed by atoms with Crippen molar-refractivity contribution in [2.75, 3.05) is 6.54 Å². The minimum Gasteiger partial charge on any atom is -0.480 e. The van der Waals surface area contributed by atoms with Crippen LogP contribution in [-0.2, 0) is 45.2 Å². The highest BCUT2D eigenvalue weighted by Crippen LogP contribution is 2.16. The predicted molar refractivity (Wildman–Crippen MR) is 163 cm³/mol. The highest BCUT2D eigenvalue weighted by molar-refractivity contribution is 5.84. The van der Waals surface area contributed by atoms with E-state index < -0.39 is 35.7 Å². The van der Waals surface area contributed by atoms with Crippen LogP contribution in [0.1, 0.15) is 56.0 Å². The SMILES string of the molecule is CC(C)(C)OC(=O)N(Cc1ccc(CC(=O)N[C@@H](CCCNC(=O)OCc2ccccc2)C(=O)O)cc1)Cc1ccccn1. The van der Waals surface area contributed by atoms with E-state index in [1.165, 1.54) is 0 Å². The normalized spacial score (nSPS) is 11.6. The average molecular weight is 605 g/mol. The van der Waals surface area contributed by atoms with Crippen LogP contribution in [0.3, 0.4) is 0 Å². The maximum absolute atomic E-state index is 12.9. The lowest BCUT2D eigenvalue weighted by molar-refractivity contribution is -0.141. The lowest BCUT2D eigenvalue weighted by Gasteiger charge is -2.27. The molecule has 1 heterocycles. The van der Waals surface area contributed by atoms with E-state index in [4.69, 9.17) is 9.47 Å². The van der Waals surface area contributed by atoms with E-state index >= 15 is 0 Å². The molecule has 0 saturated carbocycles. The number of carbonyl (C=O) groups excluding carboxylic acids is 3. The number of carboxylic acids is 1. The minimum atomic E-state index is -1.16. The summed E-state index contributed by atoms with van der Waals surface area (Å²) in [4.78, 5) is 55.0. The number of nitrogens with zero attached hydrogens (tertiary/aromatic N) is 2. The number of hydrogen-bond acceptors (Lipinski definition) is 7. The molecule has 1 aromatic heterocycles. The summed E-state index contributed by atoms with van der Waals surface area (Å²) in [5.74, 6) is -1.60. The highest BCUT2D eigenvalue weighted by Gasteiger charge is 2.23. The van der Waals surface area contributed by atoms with Crippen molar-refractivity contribution in [1.29, 1.82) is 0 Å². The number of carbonyl (C=O) groups is 4. The third-order valence-electron chi connectivity index (χ3n) is 6.28. The van der Waals surface area contributed by atoms with Gasteiger partial charge in [0.05, 0.1) is 18.7 Å². The number of nitrogens with one attached hydrogen (secondary N) is 2. The quantitative estimate of drug-likeness (QED) is 0.222. The smallest absolute Gasteiger partial charge is 0.410 e. The standard InChI is InChI=1S/C33H40N4O7/c1-33(2,3)44-32(42)37(22-27-12-7-8-18-34-27)21-25-16-14-24(15-17-25)20-29(38)36-28(30(39)40)13-9-19-35-31(41)43-23-26-10-5-4-6-11-26/h4-8,10-12,14-18,28H,9,13,19-23H2,1-3H3,(H,35,41)(H,36,38)(H,39,40)/t28-/m0/s1. The molecule has 1 atom stereocenters. The first-order valence-corrected chi connectivity index (χ1v) is 14.4. The van der Waals surface area contributed by atoms with Gasteiger partial charge in [-0.05, 0) is 62.4 Å². The Hall–Kier alpha value is -4.93. The number of amides is 3. The van der Waals surface area contributed by atoms with Gasteiger partial charge in [0.1, 0.15) is 18.2 Å². The molecule has 0 aliphatic carbocycles. The van der Waals surface area contributed by atoms with Crippen molar-refractivity contribution < 1.29 is 33.8 Å². The molecule has 0 unspecified atom stereocenters. The number of hydrogen-bond donors (Lipinski definition) is 3. The molecular formula is C33H40N4O7. The summed E-state index contributed by atoms with van der Waals surface area (Å²) in [6.07, 6.45) is 1.05. The zero-order valence-corrected chi connectivity index (χ0v) is 25.3. The number of ether oxygens (including phenoxy) is 2. The molecule has 2 aromatic carbocycles. The number of alkyl carbamates (subject to hydrolysis) is 1. The van der Waals surface area contributed by atoms with Crippen LogP contribution < -0.4 is 10.6 Å². The largest absolute Gasteiger partial charge is 0.480 e. The molecular weight excluding hydrogens is 564 g/mol. The van der Waals surface area contributed by atoms with Crippen molar-refractivity contribution in [1.82, 2.24) is 20.5 Å². The predicted octanol–water partition coefficient (Wildman–Crippen LogP) is 4.84. The lowest BCUT2D eigenvalue weighted by Crippen LogP contribution is -2.42. The van der Waals surface area contributed by atoms with Crippen molar-refractivity contribution >= 4 is 24.1 Å². The molecule has 0 aliphatic rings. The summed E-state index contributed by atoms with van der Waals surface area (Å²) in [6, 6.07) is 20.8. The Morgan fingerprint density at radius 2 is 1.57 bits per heavy atom. The number of rotatable bonds is 14. The minimum absolute atomic E-state index is 0.0160. The second kappa shape index (κ2) is 16.6. The molecule has 3 N–H and O–H groups in total. The second-order valence-corrected chi connectivity index (χ2v) is 11.2. The fraction of sp³-hybridized carbons (Fsp3) is 0.364. The zero-order chi connectivity index (χ0) is 32.0. The molecule has 0 spiro atoms. The number of aliphatic carboxylic acids is 1. The van der Waals surface area contributed by atoms with E-state index in [2.05, 4.69) is 15.6 Å². The highest BCUT2D eigenvalue weighted by atomic mass is 16.6. The molecule has 0 bridgehead atoms. The van der Waals surface area contributed by atoms with Crippen molar-refractivity contribution in [3.05, 3.63) is 101 Å². The summed E-state index contributed by atoms with van der Waals surface area (Å²) in [5.41, 5.74) is 2.43. The van der Waals surface area contributed by atoms with Gasteiger partial charge in [-0.25, -0.2) is 14.4 Å². The summed E-state index contributed by atoms with van der Waals surface area (Å²) < 4.78 is 10.7. The molecule has 3 aromatic rings. The lowest BCUT2D eigenvalue weighted by atomic mass is 10.1. The Kier molecular flexibility index (Phi) is 12.7. The second-order valence-electron chi connectivity index (χ2n) is 11.2. The van der Waals surface area contributed by atoms with Crippen LogP contribution in [0.25, 0.3) is 0 Å². The molecule has 11 nitrogen and oxygen atoms in total. The zero-order valence-electron chi connectivity index (χ0n) is 25.3. The van der Waals surface area contributed by atoms with Crippen LogP contribution in [0.15, 0.2) is 79.0 Å². The molecule has 0 radical (unpaired) electrons. The Bertz CT molecular complexity index is 1360. The Morgan fingerprint density at radius 1 is 0.886 bits per heavy atom. The molecule has 44 heavy (non-hydrogen) atoms. The average Bonchev–Trinajstić information content (AvgIpc) is 2.98. The Morgan fingerprint density at radius 3 is 2.20 bits per heavy atom. The fourth-order valence-electron chi connectivity index (χ4n) is 4.14. The Balaban J connectivity index is 1.47. The van der Waals surface area contributed by atoms with Gasteiger partial charge in [-0.2, -0.15) is 0 Å². The van der Waals surface area contributed by atoms with E-state index in [-0.39, 0.29) is 39.1 Å².